The summed E-state index contributed by atoms with van der Waals surface area (Å²) in [7, 11) is 0. The number of nitrogens with zero attached hydrogens (tertiary/aromatic N) is 1. The van der Waals surface area contributed by atoms with Crippen molar-refractivity contribution in [3.63, 3.8) is 0 Å². The van der Waals surface area contributed by atoms with Gasteiger partial charge in [0.2, 0.25) is 5.91 Å². The molecule has 0 aliphatic rings. The second kappa shape index (κ2) is 7.69. The molecular formula is C15H22N2O2. The Morgan fingerprint density at radius 3 is 2.37 bits per heavy atom. The Bertz CT molecular complexity index is 415. The van der Waals surface area contributed by atoms with Crippen molar-refractivity contribution in [2.45, 2.75) is 39.7 Å². The Morgan fingerprint density at radius 2 is 1.84 bits per heavy atom. The van der Waals surface area contributed by atoms with Crippen LogP contribution in [-0.2, 0) is 16.0 Å². The molecule has 0 unspecified atom stereocenters. The summed E-state index contributed by atoms with van der Waals surface area (Å²) in [5, 5.41) is 1.81. The van der Waals surface area contributed by atoms with Crippen LogP contribution in [-0.4, -0.2) is 29.3 Å². The van der Waals surface area contributed by atoms with Crippen LogP contribution in [0.1, 0.15) is 32.8 Å². The van der Waals surface area contributed by atoms with Crippen molar-refractivity contribution in [3.8, 4) is 0 Å². The molecule has 1 aromatic carbocycles. The minimum absolute atomic E-state index is 0.0524. The Labute approximate surface area is 114 Å². The molecule has 19 heavy (non-hydrogen) atoms. The van der Waals surface area contributed by atoms with E-state index in [0.29, 0.717) is 19.4 Å². The summed E-state index contributed by atoms with van der Waals surface area (Å²) in [4.78, 5) is 22.9. The molecule has 4 nitrogen and oxygen atoms in total. The van der Waals surface area contributed by atoms with Gasteiger partial charge in [-0.25, -0.2) is 5.01 Å². The molecule has 0 aromatic heterocycles. The molecule has 1 aromatic rings. The standard InChI is InChI=1S/C15H22N2O2/c1-12(2)17(10-9-13(3)18)16-15(19)11-14-7-5-4-6-8-14/h4-8,12H,9-11H2,1-3H3,(H,16,19). The van der Waals surface area contributed by atoms with Crippen LogP contribution in [0.4, 0.5) is 0 Å². The summed E-state index contributed by atoms with van der Waals surface area (Å²) in [5.41, 5.74) is 3.84. The first-order valence-corrected chi connectivity index (χ1v) is 6.58. The van der Waals surface area contributed by atoms with Crippen LogP contribution in [0.15, 0.2) is 30.3 Å². The summed E-state index contributed by atoms with van der Waals surface area (Å²) in [6, 6.07) is 9.77. The van der Waals surface area contributed by atoms with Crippen LogP contribution < -0.4 is 5.43 Å². The smallest absolute Gasteiger partial charge is 0.238 e. The molecular weight excluding hydrogens is 240 g/mol. The van der Waals surface area contributed by atoms with Crippen LogP contribution in [0.5, 0.6) is 0 Å². The van der Waals surface area contributed by atoms with Gasteiger partial charge in [-0.15, -0.1) is 0 Å². The lowest BCUT2D eigenvalue weighted by Crippen LogP contribution is -2.47. The minimum atomic E-state index is -0.0524. The van der Waals surface area contributed by atoms with E-state index in [1.165, 1.54) is 0 Å². The maximum atomic E-state index is 11.9. The van der Waals surface area contributed by atoms with Crippen molar-refractivity contribution in [3.05, 3.63) is 35.9 Å². The van der Waals surface area contributed by atoms with E-state index in [-0.39, 0.29) is 17.7 Å². The number of carbonyl (C=O) groups is 2. The molecule has 4 heteroatoms. The molecule has 0 aliphatic carbocycles. The van der Waals surface area contributed by atoms with E-state index in [1.54, 1.807) is 6.92 Å². The average molecular weight is 262 g/mol. The Morgan fingerprint density at radius 1 is 1.21 bits per heavy atom. The summed E-state index contributed by atoms with van der Waals surface area (Å²) in [6.45, 7) is 6.09. The number of amides is 1. The van der Waals surface area contributed by atoms with Crippen molar-refractivity contribution in [2.24, 2.45) is 0 Å². The highest BCUT2D eigenvalue weighted by Crippen LogP contribution is 2.01. The van der Waals surface area contributed by atoms with Gasteiger partial charge >= 0.3 is 0 Å². The van der Waals surface area contributed by atoms with Crippen molar-refractivity contribution >= 4 is 11.7 Å². The van der Waals surface area contributed by atoms with Gasteiger partial charge in [-0.3, -0.25) is 15.0 Å². The lowest BCUT2D eigenvalue weighted by Gasteiger charge is -2.26. The van der Waals surface area contributed by atoms with E-state index in [9.17, 15) is 9.59 Å². The molecule has 0 saturated carbocycles. The number of ketones is 1. The third-order valence-corrected chi connectivity index (χ3v) is 2.80. The van der Waals surface area contributed by atoms with E-state index in [2.05, 4.69) is 5.43 Å². The number of nitrogens with one attached hydrogen (secondary N) is 1. The van der Waals surface area contributed by atoms with Crippen LogP contribution >= 0.6 is 0 Å². The fraction of sp³-hybridized carbons (Fsp3) is 0.467. The minimum Gasteiger partial charge on any atom is -0.300 e. The van der Waals surface area contributed by atoms with Crippen molar-refractivity contribution in [1.82, 2.24) is 10.4 Å². The molecule has 0 bridgehead atoms. The molecule has 0 aliphatic heterocycles. The summed E-state index contributed by atoms with van der Waals surface area (Å²) in [6.07, 6.45) is 0.800. The first-order valence-electron chi connectivity index (χ1n) is 6.58. The topological polar surface area (TPSA) is 49.4 Å². The van der Waals surface area contributed by atoms with E-state index in [4.69, 9.17) is 0 Å². The lowest BCUT2D eigenvalue weighted by atomic mass is 10.1. The molecule has 104 valence electrons. The fourth-order valence-electron chi connectivity index (χ4n) is 1.70. The van der Waals surface area contributed by atoms with Crippen molar-refractivity contribution in [2.75, 3.05) is 6.54 Å². The van der Waals surface area contributed by atoms with Crippen LogP contribution in [0.25, 0.3) is 0 Å². The number of hydrogen-bond acceptors (Lipinski definition) is 3. The van der Waals surface area contributed by atoms with Gasteiger partial charge in [0.05, 0.1) is 6.42 Å². The number of carbonyl (C=O) groups excluding carboxylic acids is 2. The van der Waals surface area contributed by atoms with Crippen molar-refractivity contribution < 1.29 is 9.59 Å². The number of benzene rings is 1. The van der Waals surface area contributed by atoms with Gasteiger partial charge in [-0.05, 0) is 26.3 Å². The monoisotopic (exact) mass is 262 g/mol. The van der Waals surface area contributed by atoms with E-state index in [1.807, 2.05) is 49.2 Å². The first kappa shape index (κ1) is 15.4. The average Bonchev–Trinajstić information content (AvgIpc) is 2.35. The molecule has 0 saturated heterocycles. The van der Waals surface area contributed by atoms with E-state index < -0.39 is 0 Å². The normalized spacial score (nSPS) is 10.8. The molecule has 1 rings (SSSR count). The zero-order chi connectivity index (χ0) is 14.3. The van der Waals surface area contributed by atoms with E-state index >= 15 is 0 Å². The van der Waals surface area contributed by atoms with Crippen LogP contribution in [0, 0.1) is 0 Å². The molecule has 1 N–H and O–H groups in total. The predicted octanol–water partition coefficient (Wildman–Crippen LogP) is 1.95. The van der Waals surface area contributed by atoms with Gasteiger partial charge in [0.25, 0.3) is 0 Å². The summed E-state index contributed by atoms with van der Waals surface area (Å²) >= 11 is 0. The first-order chi connectivity index (χ1) is 8.99. The molecule has 0 atom stereocenters. The summed E-state index contributed by atoms with van der Waals surface area (Å²) < 4.78 is 0. The fourth-order valence-corrected chi connectivity index (χ4v) is 1.70. The SMILES string of the molecule is CC(=O)CCN(NC(=O)Cc1ccccc1)C(C)C. The number of Topliss-reactive ketones (excluding diaryl/α,β-unsaturated/α-hetero) is 1. The van der Waals surface area contributed by atoms with Crippen molar-refractivity contribution in [1.29, 1.82) is 0 Å². The Kier molecular flexibility index (Phi) is 6.22. The number of hydrazine groups is 1. The van der Waals surface area contributed by atoms with Crippen LogP contribution in [0.3, 0.4) is 0 Å². The number of rotatable bonds is 7. The highest BCUT2D eigenvalue weighted by atomic mass is 16.2. The van der Waals surface area contributed by atoms with Gasteiger partial charge in [0.15, 0.2) is 0 Å². The van der Waals surface area contributed by atoms with Gasteiger partial charge < -0.3 is 0 Å². The van der Waals surface area contributed by atoms with Gasteiger partial charge in [-0.2, -0.15) is 0 Å². The second-order valence-corrected chi connectivity index (χ2v) is 4.94. The van der Waals surface area contributed by atoms with Crippen LogP contribution in [0.2, 0.25) is 0 Å². The lowest BCUT2D eigenvalue weighted by molar-refractivity contribution is -0.127. The molecule has 0 radical (unpaired) electrons. The quantitative estimate of drug-likeness (QED) is 0.764. The van der Waals surface area contributed by atoms with Gasteiger partial charge in [0, 0.05) is 19.0 Å². The summed E-state index contributed by atoms with van der Waals surface area (Å²) in [5.74, 6) is 0.0754. The van der Waals surface area contributed by atoms with E-state index in [0.717, 1.165) is 5.56 Å². The Hall–Kier alpha value is -1.68. The maximum Gasteiger partial charge on any atom is 0.238 e. The Balaban J connectivity index is 2.49. The molecule has 1 amide bonds. The molecule has 0 spiro atoms. The number of hydrogen-bond donors (Lipinski definition) is 1. The second-order valence-electron chi connectivity index (χ2n) is 4.94. The zero-order valence-electron chi connectivity index (χ0n) is 11.8. The molecule has 0 heterocycles. The highest BCUT2D eigenvalue weighted by molar-refractivity contribution is 5.78. The van der Waals surface area contributed by atoms with Gasteiger partial charge in [-0.1, -0.05) is 30.3 Å². The third-order valence-electron chi connectivity index (χ3n) is 2.80. The third kappa shape index (κ3) is 6.15. The predicted molar refractivity (Wildman–Crippen MR) is 75.4 cm³/mol. The molecule has 0 fully saturated rings. The largest absolute Gasteiger partial charge is 0.300 e. The zero-order valence-corrected chi connectivity index (χ0v) is 11.8. The van der Waals surface area contributed by atoms with Gasteiger partial charge in [0.1, 0.15) is 5.78 Å². The maximum absolute atomic E-state index is 11.9. The highest BCUT2D eigenvalue weighted by Gasteiger charge is 2.13.